The van der Waals surface area contributed by atoms with Crippen molar-refractivity contribution in [3.63, 3.8) is 0 Å². The minimum absolute atomic E-state index is 0.0444. The van der Waals surface area contributed by atoms with Crippen LogP contribution in [0.5, 0.6) is 5.75 Å². The molecule has 5 heterocycles. The highest BCUT2D eigenvalue weighted by molar-refractivity contribution is 7.34. The molecule has 0 spiro atoms. The van der Waals surface area contributed by atoms with Gasteiger partial charge in [0.2, 0.25) is 0 Å². The number of fused-ring (bicyclic) bond motifs is 9. The van der Waals surface area contributed by atoms with Crippen molar-refractivity contribution in [2.75, 3.05) is 19.0 Å². The van der Waals surface area contributed by atoms with Crippen molar-refractivity contribution in [2.45, 2.75) is 193 Å². The van der Waals surface area contributed by atoms with Crippen LogP contribution in [-0.4, -0.2) is 19.7 Å². The highest BCUT2D eigenvalue weighted by Gasteiger charge is 2.55. The van der Waals surface area contributed by atoms with Crippen molar-refractivity contribution in [2.24, 2.45) is 0 Å². The van der Waals surface area contributed by atoms with E-state index in [4.69, 9.17) is 9.47 Å². The Hall–Kier alpha value is -8.79. The Kier molecular flexibility index (Phi) is 22.9. The van der Waals surface area contributed by atoms with Gasteiger partial charge >= 0.3 is 0 Å². The lowest BCUT2D eigenvalue weighted by atomic mass is 9.67. The summed E-state index contributed by atoms with van der Waals surface area (Å²) in [6.45, 7) is 13.4. The van der Waals surface area contributed by atoms with Crippen LogP contribution in [0, 0.1) is 34.0 Å². The third-order valence-electron chi connectivity index (χ3n) is 21.5. The van der Waals surface area contributed by atoms with Crippen molar-refractivity contribution in [3.05, 3.63) is 274 Å². The number of anilines is 1. The third kappa shape index (κ3) is 14.4. The van der Waals surface area contributed by atoms with Crippen molar-refractivity contribution in [1.29, 1.82) is 15.8 Å². The second-order valence-electron chi connectivity index (χ2n) is 29.1. The van der Waals surface area contributed by atoms with E-state index in [1.165, 1.54) is 190 Å². The zero-order chi connectivity index (χ0) is 71.7. The first-order chi connectivity index (χ1) is 50.3. The molecule has 2 aliphatic carbocycles. The molecule has 0 saturated heterocycles. The van der Waals surface area contributed by atoms with Crippen molar-refractivity contribution in [1.82, 2.24) is 0 Å². The minimum Gasteiger partial charge on any atom is -0.488 e. The molecule has 1 aliphatic heterocycles. The van der Waals surface area contributed by atoms with Gasteiger partial charge in [-0.3, -0.25) is 0 Å². The van der Waals surface area contributed by atoms with E-state index in [1.807, 2.05) is 77.4 Å². The monoisotopic (exact) mass is 1430 g/mol. The first-order valence-corrected chi connectivity index (χ1v) is 41.1. The van der Waals surface area contributed by atoms with Gasteiger partial charge in [0.05, 0.1) is 39.7 Å². The summed E-state index contributed by atoms with van der Waals surface area (Å²) in [6.07, 6.45) is 32.3. The Morgan fingerprint density at radius 2 is 0.874 bits per heavy atom. The number of allylic oxidation sites excluding steroid dienone is 2. The molecule has 0 radical (unpaired) electrons. The summed E-state index contributed by atoms with van der Waals surface area (Å²) in [5, 5.41) is 30.8. The van der Waals surface area contributed by atoms with Crippen molar-refractivity contribution < 1.29 is 9.47 Å². The van der Waals surface area contributed by atoms with E-state index in [0.29, 0.717) is 12.2 Å². The Morgan fingerprint density at radius 1 is 0.456 bits per heavy atom. The second kappa shape index (κ2) is 32.5. The topological polar surface area (TPSA) is 93.1 Å². The molecule has 103 heavy (non-hydrogen) atoms. The molecule has 0 N–H and O–H groups in total. The predicted molar refractivity (Wildman–Crippen MR) is 437 cm³/mol. The summed E-state index contributed by atoms with van der Waals surface area (Å²) >= 11 is 7.75. The number of ether oxygens (including phenoxy) is 2. The molecule has 0 unspecified atom stereocenters. The second-order valence-corrected chi connectivity index (χ2v) is 33.3. The lowest BCUT2D eigenvalue weighted by molar-refractivity contribution is 0.0954. The van der Waals surface area contributed by atoms with E-state index in [1.54, 1.807) is 0 Å². The zero-order valence-electron chi connectivity index (χ0n) is 61.4. The van der Waals surface area contributed by atoms with Crippen LogP contribution < -0.4 is 9.64 Å². The van der Waals surface area contributed by atoms with Crippen LogP contribution in [0.4, 0.5) is 5.69 Å². The van der Waals surface area contributed by atoms with Crippen LogP contribution in [0.25, 0.3) is 47.1 Å². The molecule has 6 aromatic carbocycles. The maximum absolute atomic E-state index is 10.7. The number of unbranched alkanes of at least 4 members (excludes halogenated alkanes) is 12. The van der Waals surface area contributed by atoms with E-state index in [-0.39, 0.29) is 16.9 Å². The molecular formula is C93H96N4O2S4. The Balaban J connectivity index is 1.06. The summed E-state index contributed by atoms with van der Waals surface area (Å²) in [5.74, 6) is 0.895. The summed E-state index contributed by atoms with van der Waals surface area (Å²) in [4.78, 5) is 9.63. The van der Waals surface area contributed by atoms with E-state index in [2.05, 4.69) is 229 Å². The number of hydrogen-bond acceptors (Lipinski definition) is 10. The molecule has 0 amide bonds. The number of rotatable bonds is 32. The minimum atomic E-state index is -0.962. The van der Waals surface area contributed by atoms with E-state index < -0.39 is 16.4 Å². The first kappa shape index (κ1) is 72.6. The number of aryl methyl sites for hydroxylation is 4. The maximum atomic E-state index is 10.7. The summed E-state index contributed by atoms with van der Waals surface area (Å²) < 4.78 is 15.7. The average Bonchev–Trinajstić information content (AvgIpc) is 1.49. The molecule has 3 aliphatic rings. The standard InChI is InChI=1S/C93H96N4O2S4/c1-9-13-17-22-28-63-34-44-70(45-35-63)92(71-46-36-64(37-47-71)29-23-18-14-10-2)79-57-75(53-43-68-42-52-74(97(7)8)56-81(68)98-62-67-32-26-21-27-33-67)100-85(79)87-82(92)89-90(102-87)83-88(103-89)86-80(58-76(101-86)54-55-78-77(61-96)84(69(59-94)60-95)99-91(78,5)6)93(83,72-48-38-65(39-49-72)30-24-19-15-11-3)73-50-40-66(41-51-73)31-25-20-16-12-4/h21,26-27,32-58H,9-20,22-25,28-31,62H2,1-8H3/b53-43+,55-54+. The molecule has 524 valence electrons. The Morgan fingerprint density at radius 3 is 1.26 bits per heavy atom. The molecule has 10 aromatic rings. The van der Waals surface area contributed by atoms with Gasteiger partial charge in [0, 0.05) is 57.9 Å². The molecule has 10 heteroatoms. The fourth-order valence-corrected chi connectivity index (χ4v) is 21.6. The van der Waals surface area contributed by atoms with Crippen LogP contribution in [0.3, 0.4) is 0 Å². The Labute approximate surface area is 628 Å². The van der Waals surface area contributed by atoms with Crippen LogP contribution in [0.15, 0.2) is 186 Å². The van der Waals surface area contributed by atoms with E-state index >= 15 is 0 Å². The van der Waals surface area contributed by atoms with Crippen LogP contribution in [0.1, 0.15) is 232 Å². The molecule has 0 fully saturated rings. The normalized spacial score (nSPS) is 14.4. The van der Waals surface area contributed by atoms with Gasteiger partial charge in [0.1, 0.15) is 41.7 Å². The number of hydrogen-bond donors (Lipinski definition) is 0. The van der Waals surface area contributed by atoms with Gasteiger partial charge in [-0.1, -0.05) is 238 Å². The number of benzene rings is 6. The summed E-state index contributed by atoms with van der Waals surface area (Å²) in [7, 11) is 4.17. The van der Waals surface area contributed by atoms with Gasteiger partial charge in [-0.2, -0.15) is 15.8 Å². The predicted octanol–water partition coefficient (Wildman–Crippen LogP) is 26.1. The Bertz CT molecular complexity index is 4780. The molecule has 0 bridgehead atoms. The highest BCUT2D eigenvalue weighted by Crippen LogP contribution is 2.70. The lowest BCUT2D eigenvalue weighted by Gasteiger charge is -2.34. The largest absolute Gasteiger partial charge is 0.488 e. The molecular weight excluding hydrogens is 1330 g/mol. The smallest absolute Gasteiger partial charge is 0.172 e. The molecule has 0 atom stereocenters. The van der Waals surface area contributed by atoms with Crippen LogP contribution >= 0.6 is 45.3 Å². The SMILES string of the molecule is CCCCCCc1ccc(C2(c3ccc(CCCCCC)cc3)c3cc(/C=C/C4=C(C#N)C(=C(C#N)C#N)OC4(C)C)sc3-c3sc4c5c(sc4c32)-c2sc(/C=C/c3ccc(N(C)C)cc3OCc3ccccc3)cc2C5(c2ccc(CCCCCC)cc2)c2ccc(CCCCCC)cc2)cc1. The lowest BCUT2D eigenvalue weighted by Crippen LogP contribution is -2.29. The summed E-state index contributed by atoms with van der Waals surface area (Å²) in [5.41, 5.74) is 17.5. The van der Waals surface area contributed by atoms with Gasteiger partial charge in [-0.05, 0) is 169 Å². The number of nitriles is 3. The zero-order valence-corrected chi connectivity index (χ0v) is 64.7. The van der Waals surface area contributed by atoms with Crippen molar-refractivity contribution >= 4 is 78.7 Å². The van der Waals surface area contributed by atoms with Crippen molar-refractivity contribution in [3.8, 4) is 43.5 Å². The maximum Gasteiger partial charge on any atom is 0.172 e. The number of nitrogens with zero attached hydrogens (tertiary/aromatic N) is 4. The molecule has 6 nitrogen and oxygen atoms in total. The van der Waals surface area contributed by atoms with Gasteiger partial charge in [0.15, 0.2) is 11.3 Å². The first-order valence-electron chi connectivity index (χ1n) is 37.8. The van der Waals surface area contributed by atoms with Gasteiger partial charge < -0.3 is 14.4 Å². The van der Waals surface area contributed by atoms with Crippen LogP contribution in [0.2, 0.25) is 0 Å². The summed E-state index contributed by atoms with van der Waals surface area (Å²) in [6, 6.07) is 67.5. The van der Waals surface area contributed by atoms with E-state index in [9.17, 15) is 15.8 Å². The fraction of sp³-hybridized carbons (Fsp3) is 0.344. The average molecular weight is 1430 g/mol. The molecule has 0 saturated carbocycles. The highest BCUT2D eigenvalue weighted by atomic mass is 32.1. The van der Waals surface area contributed by atoms with E-state index in [0.717, 1.165) is 66.0 Å². The third-order valence-corrected chi connectivity index (χ3v) is 26.5. The van der Waals surface area contributed by atoms with Gasteiger partial charge in [0.25, 0.3) is 0 Å². The van der Waals surface area contributed by atoms with Gasteiger partial charge in [-0.25, -0.2) is 0 Å². The molecule has 4 aromatic heterocycles. The van der Waals surface area contributed by atoms with Gasteiger partial charge in [-0.15, -0.1) is 45.3 Å². The fourth-order valence-electron chi connectivity index (χ4n) is 15.9. The number of thiophene rings is 4. The quantitative estimate of drug-likeness (QED) is 0.0308. The molecule has 13 rings (SSSR count). The van der Waals surface area contributed by atoms with Crippen LogP contribution in [-0.2, 0) is 47.9 Å².